The third-order valence-electron chi connectivity index (χ3n) is 4.89. The summed E-state index contributed by atoms with van der Waals surface area (Å²) >= 11 is 6.17. The molecule has 0 saturated carbocycles. The zero-order valence-corrected chi connectivity index (χ0v) is 22.6. The van der Waals surface area contributed by atoms with Crippen LogP contribution in [0, 0.1) is 0 Å². The topological polar surface area (TPSA) is 87.5 Å². The summed E-state index contributed by atoms with van der Waals surface area (Å²) in [4.78, 5) is 20.9. The van der Waals surface area contributed by atoms with Crippen molar-refractivity contribution in [2.45, 2.75) is 58.8 Å². The standard InChI is InChI=1S/C24H33ClN4O4Si/c1-24(2,3)33-23(30)26-17-10-8-9-16(13-17)18-14-29(15-32-11-12-34(5,6)7)20-19(18)21(31-4)28-22(25)27-20/h8-10,13-14H,11-12,15H2,1-7H3,(H,26,30). The number of amides is 1. The van der Waals surface area contributed by atoms with Gasteiger partial charge in [0, 0.05) is 32.1 Å². The normalized spacial score (nSPS) is 12.1. The van der Waals surface area contributed by atoms with Crippen molar-refractivity contribution in [1.29, 1.82) is 0 Å². The molecule has 3 rings (SSSR count). The minimum atomic E-state index is -1.20. The van der Waals surface area contributed by atoms with Gasteiger partial charge in [-0.05, 0) is 56.1 Å². The zero-order valence-electron chi connectivity index (χ0n) is 20.9. The average molecular weight is 505 g/mol. The van der Waals surface area contributed by atoms with E-state index in [2.05, 4.69) is 34.9 Å². The monoisotopic (exact) mass is 504 g/mol. The summed E-state index contributed by atoms with van der Waals surface area (Å²) in [6.07, 6.45) is 1.43. The molecular formula is C24H33ClN4O4Si. The molecule has 0 spiro atoms. The van der Waals surface area contributed by atoms with Crippen molar-refractivity contribution >= 4 is 42.5 Å². The van der Waals surface area contributed by atoms with E-state index in [1.165, 1.54) is 0 Å². The van der Waals surface area contributed by atoms with Crippen molar-refractivity contribution in [3.63, 3.8) is 0 Å². The third kappa shape index (κ3) is 6.94. The van der Waals surface area contributed by atoms with Gasteiger partial charge in [0.15, 0.2) is 5.65 Å². The van der Waals surface area contributed by atoms with Gasteiger partial charge in [0.05, 0.1) is 12.5 Å². The van der Waals surface area contributed by atoms with Crippen LogP contribution < -0.4 is 10.1 Å². The van der Waals surface area contributed by atoms with E-state index < -0.39 is 19.8 Å². The molecule has 2 heterocycles. The first-order valence-electron chi connectivity index (χ1n) is 11.1. The molecule has 1 N–H and O–H groups in total. The molecule has 3 aromatic rings. The summed E-state index contributed by atoms with van der Waals surface area (Å²) in [6.45, 7) is 13.4. The van der Waals surface area contributed by atoms with Gasteiger partial charge in [-0.25, -0.2) is 4.79 Å². The molecule has 0 aliphatic heterocycles. The summed E-state index contributed by atoms with van der Waals surface area (Å²) in [5, 5.41) is 3.60. The number of nitrogens with zero attached hydrogens (tertiary/aromatic N) is 3. The van der Waals surface area contributed by atoms with Crippen molar-refractivity contribution in [2.75, 3.05) is 19.0 Å². The van der Waals surface area contributed by atoms with Crippen LogP contribution in [0.25, 0.3) is 22.2 Å². The third-order valence-corrected chi connectivity index (χ3v) is 6.77. The number of rotatable bonds is 8. The number of hydrogen-bond acceptors (Lipinski definition) is 6. The van der Waals surface area contributed by atoms with Gasteiger partial charge in [0.25, 0.3) is 0 Å². The maximum Gasteiger partial charge on any atom is 0.412 e. The van der Waals surface area contributed by atoms with Gasteiger partial charge >= 0.3 is 6.09 Å². The average Bonchev–Trinajstić information content (AvgIpc) is 3.07. The summed E-state index contributed by atoms with van der Waals surface area (Å²) in [5.74, 6) is 0.372. The second kappa shape index (κ2) is 10.3. The highest BCUT2D eigenvalue weighted by atomic mass is 35.5. The van der Waals surface area contributed by atoms with Gasteiger partial charge < -0.3 is 18.8 Å². The second-order valence-corrected chi connectivity index (χ2v) is 16.2. The van der Waals surface area contributed by atoms with Crippen molar-refractivity contribution in [3.8, 4) is 17.0 Å². The van der Waals surface area contributed by atoms with E-state index in [1.807, 2.05) is 49.7 Å². The molecule has 184 valence electrons. The fraction of sp³-hybridized carbons (Fsp3) is 0.458. The van der Waals surface area contributed by atoms with Crippen LogP contribution in [-0.2, 0) is 16.2 Å². The highest BCUT2D eigenvalue weighted by Crippen LogP contribution is 2.37. The molecule has 2 aromatic heterocycles. The van der Waals surface area contributed by atoms with Crippen molar-refractivity contribution < 1.29 is 19.0 Å². The lowest BCUT2D eigenvalue weighted by molar-refractivity contribution is 0.0636. The molecule has 0 radical (unpaired) electrons. The van der Waals surface area contributed by atoms with E-state index in [0.717, 1.165) is 22.6 Å². The first-order chi connectivity index (χ1) is 15.9. The predicted octanol–water partition coefficient (Wildman–Crippen LogP) is 6.42. The van der Waals surface area contributed by atoms with Crippen LogP contribution in [0.3, 0.4) is 0 Å². The van der Waals surface area contributed by atoms with Crippen LogP contribution >= 0.6 is 11.6 Å². The lowest BCUT2D eigenvalue weighted by atomic mass is 10.1. The molecule has 0 bridgehead atoms. The van der Waals surface area contributed by atoms with E-state index >= 15 is 0 Å². The summed E-state index contributed by atoms with van der Waals surface area (Å²) in [5.41, 5.74) is 2.32. The summed E-state index contributed by atoms with van der Waals surface area (Å²) < 4.78 is 18.8. The second-order valence-electron chi connectivity index (χ2n) is 10.3. The summed E-state index contributed by atoms with van der Waals surface area (Å²) in [7, 11) is 0.345. The molecule has 0 aliphatic carbocycles. The molecule has 0 fully saturated rings. The quantitative estimate of drug-likeness (QED) is 0.216. The highest BCUT2D eigenvalue weighted by Gasteiger charge is 2.20. The Morgan fingerprint density at radius 2 is 1.94 bits per heavy atom. The Labute approximate surface area is 206 Å². The molecule has 0 saturated heterocycles. The fourth-order valence-corrected chi connectivity index (χ4v) is 4.23. The molecule has 0 atom stereocenters. The maximum absolute atomic E-state index is 12.2. The van der Waals surface area contributed by atoms with Crippen LogP contribution in [0.15, 0.2) is 30.5 Å². The lowest BCUT2D eigenvalue weighted by Gasteiger charge is -2.19. The van der Waals surface area contributed by atoms with E-state index in [1.54, 1.807) is 13.2 Å². The van der Waals surface area contributed by atoms with Crippen LogP contribution in [0.4, 0.5) is 10.5 Å². The van der Waals surface area contributed by atoms with Crippen LogP contribution in [0.1, 0.15) is 20.8 Å². The van der Waals surface area contributed by atoms with Crippen LogP contribution in [-0.4, -0.2) is 48.0 Å². The molecule has 1 amide bonds. The number of halogens is 1. The van der Waals surface area contributed by atoms with Crippen molar-refractivity contribution in [1.82, 2.24) is 14.5 Å². The number of carbonyl (C=O) groups excluding carboxylic acids is 1. The van der Waals surface area contributed by atoms with E-state index in [9.17, 15) is 4.79 Å². The number of fused-ring (bicyclic) bond motifs is 1. The number of anilines is 1. The van der Waals surface area contributed by atoms with Gasteiger partial charge in [0.2, 0.25) is 11.2 Å². The van der Waals surface area contributed by atoms with E-state index in [4.69, 9.17) is 25.8 Å². The van der Waals surface area contributed by atoms with Crippen molar-refractivity contribution in [2.24, 2.45) is 0 Å². The SMILES string of the molecule is COc1nc(Cl)nc2c1c(-c1cccc(NC(=O)OC(C)(C)C)c1)cn2COCC[Si](C)(C)C. The summed E-state index contributed by atoms with van der Waals surface area (Å²) in [6, 6.07) is 8.54. The molecule has 0 aliphatic rings. The Balaban J connectivity index is 1.96. The Hall–Kier alpha value is -2.62. The molecule has 34 heavy (non-hydrogen) atoms. The van der Waals surface area contributed by atoms with Gasteiger partial charge in [-0.3, -0.25) is 5.32 Å². The Morgan fingerprint density at radius 1 is 1.21 bits per heavy atom. The van der Waals surface area contributed by atoms with Crippen LogP contribution in [0.5, 0.6) is 5.88 Å². The number of nitrogens with one attached hydrogen (secondary N) is 1. The first-order valence-corrected chi connectivity index (χ1v) is 15.2. The maximum atomic E-state index is 12.2. The molecule has 10 heteroatoms. The van der Waals surface area contributed by atoms with Gasteiger partial charge in [-0.1, -0.05) is 31.8 Å². The minimum absolute atomic E-state index is 0.0951. The number of carbonyl (C=O) groups is 1. The van der Waals surface area contributed by atoms with Crippen molar-refractivity contribution in [3.05, 3.63) is 35.7 Å². The van der Waals surface area contributed by atoms with Gasteiger partial charge in [0.1, 0.15) is 12.3 Å². The molecular weight excluding hydrogens is 472 g/mol. The largest absolute Gasteiger partial charge is 0.480 e. The Bertz CT molecular complexity index is 1170. The smallest absolute Gasteiger partial charge is 0.412 e. The van der Waals surface area contributed by atoms with E-state index in [0.29, 0.717) is 30.6 Å². The number of ether oxygens (including phenoxy) is 3. The van der Waals surface area contributed by atoms with Gasteiger partial charge in [-0.15, -0.1) is 0 Å². The lowest BCUT2D eigenvalue weighted by Crippen LogP contribution is -2.27. The highest BCUT2D eigenvalue weighted by molar-refractivity contribution is 6.76. The number of hydrogen-bond donors (Lipinski definition) is 1. The number of aromatic nitrogens is 3. The molecule has 1 aromatic carbocycles. The predicted molar refractivity (Wildman–Crippen MR) is 138 cm³/mol. The zero-order chi connectivity index (χ0) is 25.1. The van der Waals surface area contributed by atoms with Crippen LogP contribution in [0.2, 0.25) is 31.0 Å². The Morgan fingerprint density at radius 3 is 2.59 bits per heavy atom. The van der Waals surface area contributed by atoms with Gasteiger partial charge in [-0.2, -0.15) is 9.97 Å². The Kier molecular flexibility index (Phi) is 7.90. The number of benzene rings is 1. The molecule has 8 nitrogen and oxygen atoms in total. The fourth-order valence-electron chi connectivity index (χ4n) is 3.32. The molecule has 0 unspecified atom stereocenters. The first kappa shape index (κ1) is 26.0. The minimum Gasteiger partial charge on any atom is -0.480 e. The van der Waals surface area contributed by atoms with E-state index in [-0.39, 0.29) is 5.28 Å². The number of methoxy groups -OCH3 is 1.